The van der Waals surface area contributed by atoms with Gasteiger partial charge in [0.15, 0.2) is 0 Å². The van der Waals surface area contributed by atoms with Crippen LogP contribution in [0.1, 0.15) is 25.7 Å². The van der Waals surface area contributed by atoms with Gasteiger partial charge in [-0.1, -0.05) is 46.5 Å². The van der Waals surface area contributed by atoms with Crippen LogP contribution < -0.4 is 4.72 Å². The first-order chi connectivity index (χ1) is 9.40. The number of benzene rings is 1. The van der Waals surface area contributed by atoms with Crippen molar-refractivity contribution < 1.29 is 8.42 Å². The molecule has 7 heteroatoms. The quantitative estimate of drug-likeness (QED) is 0.642. The second-order valence-corrected chi connectivity index (χ2v) is 7.59. The van der Waals surface area contributed by atoms with E-state index in [2.05, 4.69) is 10.8 Å². The molecule has 0 unspecified atom stereocenters. The van der Waals surface area contributed by atoms with Crippen LogP contribution in [0, 0.1) is 0 Å². The summed E-state index contributed by atoms with van der Waals surface area (Å²) in [6, 6.07) is 2.60. The average molecular weight is 355 g/mol. The minimum Gasteiger partial charge on any atom is -0.207 e. The van der Waals surface area contributed by atoms with Crippen molar-refractivity contribution in [3.05, 3.63) is 38.8 Å². The topological polar surface area (TPSA) is 46.2 Å². The highest BCUT2D eigenvalue weighted by Crippen LogP contribution is 2.31. The Hall–Kier alpha value is -0.260. The van der Waals surface area contributed by atoms with Crippen LogP contribution in [0.4, 0.5) is 0 Å². The van der Waals surface area contributed by atoms with Gasteiger partial charge in [-0.15, -0.1) is 0 Å². The maximum Gasteiger partial charge on any atom is 0.242 e. The molecule has 1 aromatic carbocycles. The van der Waals surface area contributed by atoms with E-state index in [0.29, 0.717) is 6.54 Å². The minimum atomic E-state index is -3.70. The molecule has 1 aromatic rings. The molecule has 0 fully saturated rings. The fourth-order valence-corrected chi connectivity index (χ4v) is 4.08. The second kappa shape index (κ2) is 6.67. The van der Waals surface area contributed by atoms with E-state index in [4.69, 9.17) is 34.8 Å². The van der Waals surface area contributed by atoms with Gasteiger partial charge in [-0.3, -0.25) is 0 Å². The zero-order valence-electron chi connectivity index (χ0n) is 10.6. The fraction of sp³-hybridized carbons (Fsp3) is 0.385. The SMILES string of the molecule is O=S(=O)(NCC1=CCCCC1)c1cc(Cl)c(Cl)cc1Cl. The van der Waals surface area contributed by atoms with Gasteiger partial charge in [0.25, 0.3) is 0 Å². The molecule has 0 heterocycles. The molecule has 0 spiro atoms. The second-order valence-electron chi connectivity index (χ2n) is 4.63. The molecule has 0 saturated heterocycles. The number of allylic oxidation sites excluding steroid dienone is 1. The Morgan fingerprint density at radius 3 is 2.40 bits per heavy atom. The zero-order chi connectivity index (χ0) is 14.8. The normalized spacial score (nSPS) is 16.1. The highest BCUT2D eigenvalue weighted by Gasteiger charge is 2.20. The molecule has 1 aliphatic carbocycles. The van der Waals surface area contributed by atoms with Crippen LogP contribution in [0.25, 0.3) is 0 Å². The highest BCUT2D eigenvalue weighted by atomic mass is 35.5. The van der Waals surface area contributed by atoms with Crippen LogP contribution in [0.2, 0.25) is 15.1 Å². The van der Waals surface area contributed by atoms with E-state index in [9.17, 15) is 8.42 Å². The molecule has 20 heavy (non-hydrogen) atoms. The molecule has 3 nitrogen and oxygen atoms in total. The molecule has 110 valence electrons. The Bertz CT molecular complexity index is 641. The number of halogens is 3. The van der Waals surface area contributed by atoms with Crippen molar-refractivity contribution in [3.8, 4) is 0 Å². The van der Waals surface area contributed by atoms with Crippen molar-refractivity contribution in [2.24, 2.45) is 0 Å². The van der Waals surface area contributed by atoms with E-state index in [-0.39, 0.29) is 20.0 Å². The predicted molar refractivity (Wildman–Crippen MR) is 83.2 cm³/mol. The van der Waals surface area contributed by atoms with E-state index in [1.807, 2.05) is 0 Å². The van der Waals surface area contributed by atoms with E-state index < -0.39 is 10.0 Å². The lowest BCUT2D eigenvalue weighted by molar-refractivity contribution is 0.582. The molecule has 1 N–H and O–H groups in total. The molecular weight excluding hydrogens is 341 g/mol. The number of sulfonamides is 1. The summed E-state index contributed by atoms with van der Waals surface area (Å²) in [5.41, 5.74) is 1.11. The van der Waals surface area contributed by atoms with Gasteiger partial charge >= 0.3 is 0 Å². The monoisotopic (exact) mass is 353 g/mol. The van der Waals surface area contributed by atoms with Crippen molar-refractivity contribution in [2.75, 3.05) is 6.54 Å². The molecule has 0 aliphatic heterocycles. The molecule has 0 amide bonds. The van der Waals surface area contributed by atoms with Crippen molar-refractivity contribution in [2.45, 2.75) is 30.6 Å². The lowest BCUT2D eigenvalue weighted by Gasteiger charge is -2.14. The summed E-state index contributed by atoms with van der Waals surface area (Å²) in [6.45, 7) is 0.304. The molecule has 0 aromatic heterocycles. The Labute approximate surface area is 134 Å². The number of rotatable bonds is 4. The summed E-state index contributed by atoms with van der Waals surface area (Å²) in [5, 5.41) is 0.448. The van der Waals surface area contributed by atoms with Gasteiger partial charge < -0.3 is 0 Å². The summed E-state index contributed by atoms with van der Waals surface area (Å²) in [6.07, 6.45) is 6.28. The van der Waals surface area contributed by atoms with Gasteiger partial charge in [0.2, 0.25) is 10.0 Å². The Balaban J connectivity index is 2.18. The first kappa shape index (κ1) is 16.1. The molecule has 1 aliphatic rings. The Morgan fingerprint density at radius 1 is 1.05 bits per heavy atom. The average Bonchev–Trinajstić information content (AvgIpc) is 2.42. The Morgan fingerprint density at radius 2 is 1.75 bits per heavy atom. The number of hydrogen-bond donors (Lipinski definition) is 1. The largest absolute Gasteiger partial charge is 0.242 e. The van der Waals surface area contributed by atoms with Crippen LogP contribution in [0.3, 0.4) is 0 Å². The number of nitrogens with one attached hydrogen (secondary N) is 1. The third-order valence-corrected chi connectivity index (χ3v) is 5.73. The van der Waals surface area contributed by atoms with Crippen molar-refractivity contribution >= 4 is 44.8 Å². The van der Waals surface area contributed by atoms with Crippen molar-refractivity contribution in [1.29, 1.82) is 0 Å². The summed E-state index contributed by atoms with van der Waals surface area (Å²) in [4.78, 5) is -0.0509. The van der Waals surface area contributed by atoms with Gasteiger partial charge in [-0.05, 0) is 37.8 Å². The Kier molecular flexibility index (Phi) is 5.37. The third kappa shape index (κ3) is 3.89. The summed E-state index contributed by atoms with van der Waals surface area (Å²) >= 11 is 17.6. The summed E-state index contributed by atoms with van der Waals surface area (Å²) < 4.78 is 27.0. The van der Waals surface area contributed by atoms with E-state index >= 15 is 0 Å². The lowest BCUT2D eigenvalue weighted by Crippen LogP contribution is -2.26. The van der Waals surface area contributed by atoms with Gasteiger partial charge in [-0.25, -0.2) is 13.1 Å². The molecule has 0 bridgehead atoms. The van der Waals surface area contributed by atoms with Gasteiger partial charge in [0.1, 0.15) is 4.90 Å². The molecule has 0 saturated carbocycles. The smallest absolute Gasteiger partial charge is 0.207 e. The van der Waals surface area contributed by atoms with Crippen LogP contribution in [0.15, 0.2) is 28.7 Å². The van der Waals surface area contributed by atoms with Crippen LogP contribution in [0.5, 0.6) is 0 Å². The van der Waals surface area contributed by atoms with Crippen LogP contribution in [-0.2, 0) is 10.0 Å². The molecule has 0 atom stereocenters. The third-order valence-electron chi connectivity index (χ3n) is 3.14. The van der Waals surface area contributed by atoms with Crippen molar-refractivity contribution in [3.63, 3.8) is 0 Å². The molecule has 0 radical (unpaired) electrons. The maximum absolute atomic E-state index is 12.2. The standard InChI is InChI=1S/C13H14Cl3NO2S/c14-10-6-12(16)13(7-11(10)15)20(18,19)17-8-9-4-2-1-3-5-9/h4,6-7,17H,1-3,5,8H2. The van der Waals surface area contributed by atoms with Crippen molar-refractivity contribution in [1.82, 2.24) is 4.72 Å². The zero-order valence-corrected chi connectivity index (χ0v) is 13.7. The molecular formula is C13H14Cl3NO2S. The highest BCUT2D eigenvalue weighted by molar-refractivity contribution is 7.89. The summed E-state index contributed by atoms with van der Waals surface area (Å²) in [5.74, 6) is 0. The first-order valence-corrected chi connectivity index (χ1v) is 8.84. The van der Waals surface area contributed by atoms with Gasteiger partial charge in [0.05, 0.1) is 15.1 Å². The first-order valence-electron chi connectivity index (χ1n) is 6.22. The van der Waals surface area contributed by atoms with E-state index in [1.54, 1.807) is 0 Å². The molecule has 2 rings (SSSR count). The lowest BCUT2D eigenvalue weighted by atomic mass is 10.0. The predicted octanol–water partition coefficient (Wildman–Crippen LogP) is 4.43. The summed E-state index contributed by atoms with van der Waals surface area (Å²) in [7, 11) is -3.70. The number of hydrogen-bond acceptors (Lipinski definition) is 2. The van der Waals surface area contributed by atoms with Gasteiger partial charge in [0, 0.05) is 6.54 Å². The minimum absolute atomic E-state index is 0.0509. The van der Waals surface area contributed by atoms with Crippen LogP contribution >= 0.6 is 34.8 Å². The van der Waals surface area contributed by atoms with E-state index in [0.717, 1.165) is 31.3 Å². The van der Waals surface area contributed by atoms with Gasteiger partial charge in [-0.2, -0.15) is 0 Å². The van der Waals surface area contributed by atoms with Crippen LogP contribution in [-0.4, -0.2) is 15.0 Å². The van der Waals surface area contributed by atoms with E-state index in [1.165, 1.54) is 12.1 Å². The maximum atomic E-state index is 12.2. The fourth-order valence-electron chi connectivity index (χ4n) is 2.04.